The fraction of sp³-hybridized carbons (Fsp3) is 0.448. The van der Waals surface area contributed by atoms with Crippen LogP contribution in [0.2, 0.25) is 0 Å². The highest BCUT2D eigenvalue weighted by atomic mass is 19.1. The molecule has 1 unspecified atom stereocenters. The van der Waals surface area contributed by atoms with Crippen LogP contribution in [0.1, 0.15) is 58.1 Å². The van der Waals surface area contributed by atoms with Crippen molar-refractivity contribution in [2.24, 2.45) is 5.92 Å². The summed E-state index contributed by atoms with van der Waals surface area (Å²) in [5.41, 5.74) is 3.90. The van der Waals surface area contributed by atoms with Gasteiger partial charge in [-0.3, -0.25) is 4.79 Å². The van der Waals surface area contributed by atoms with Crippen molar-refractivity contribution in [2.45, 2.75) is 59.5 Å². The third kappa shape index (κ3) is 7.67. The average Bonchev–Trinajstić information content (AvgIpc) is 2.78. The minimum atomic E-state index is -0.555. The van der Waals surface area contributed by atoms with E-state index in [1.165, 1.54) is 13.0 Å². The van der Waals surface area contributed by atoms with Gasteiger partial charge in [0.15, 0.2) is 0 Å². The zero-order valence-corrected chi connectivity index (χ0v) is 21.5. The standard InChI is InChI=1S/C29H37FN2O3/c1-20-9-6-10-22(17-20)26-18-23(13-14-27(26)30)25(12-7-15-31-21(2)33)24-11-8-16-32(19-24)28(34)35-29(3,4)5/h6,9-10,12-14,17-18,24H,7-8,11,15-16,19H2,1-5H3,(H,31,33). The highest BCUT2D eigenvalue weighted by molar-refractivity contribution is 5.76. The number of likely N-dealkylation sites (tertiary alicyclic amines) is 1. The highest BCUT2D eigenvalue weighted by Crippen LogP contribution is 2.35. The molecule has 3 rings (SSSR count). The summed E-state index contributed by atoms with van der Waals surface area (Å²) in [5, 5.41) is 2.83. The number of rotatable bonds is 6. The summed E-state index contributed by atoms with van der Waals surface area (Å²) < 4.78 is 20.5. The summed E-state index contributed by atoms with van der Waals surface area (Å²) in [6, 6.07) is 13.1. The Bertz CT molecular complexity index is 1090. The molecule has 2 aromatic rings. The molecule has 1 N–H and O–H groups in total. The molecule has 2 amide bonds. The number of aryl methyl sites for hydroxylation is 1. The number of nitrogens with zero attached hydrogens (tertiary/aromatic N) is 1. The lowest BCUT2D eigenvalue weighted by atomic mass is 9.84. The van der Waals surface area contributed by atoms with Crippen molar-refractivity contribution in [1.29, 1.82) is 0 Å². The van der Waals surface area contributed by atoms with E-state index in [2.05, 4.69) is 11.4 Å². The lowest BCUT2D eigenvalue weighted by Gasteiger charge is -2.35. The third-order valence-electron chi connectivity index (χ3n) is 6.02. The fourth-order valence-electron chi connectivity index (χ4n) is 4.46. The molecule has 0 saturated carbocycles. The van der Waals surface area contributed by atoms with Crippen LogP contribution >= 0.6 is 0 Å². The summed E-state index contributed by atoms with van der Waals surface area (Å²) in [6.45, 7) is 10.8. The number of amides is 2. The number of hydrogen-bond donors (Lipinski definition) is 1. The van der Waals surface area contributed by atoms with Gasteiger partial charge in [-0.15, -0.1) is 0 Å². The second kappa shape index (κ2) is 11.5. The minimum absolute atomic E-state index is 0.0720. The van der Waals surface area contributed by atoms with Crippen LogP contribution in [0, 0.1) is 18.7 Å². The SMILES string of the molecule is CC(=O)NCCC=C(c1ccc(F)c(-c2cccc(C)c2)c1)C1CCCN(C(=O)OC(C)(C)C)C1. The topological polar surface area (TPSA) is 58.6 Å². The van der Waals surface area contributed by atoms with Crippen molar-refractivity contribution in [3.63, 3.8) is 0 Å². The maximum Gasteiger partial charge on any atom is 0.410 e. The molecule has 1 aliphatic heterocycles. The Morgan fingerprint density at radius 3 is 2.66 bits per heavy atom. The molecule has 1 heterocycles. The molecule has 6 heteroatoms. The van der Waals surface area contributed by atoms with Gasteiger partial charge in [-0.05, 0) is 75.8 Å². The van der Waals surface area contributed by atoms with E-state index in [4.69, 9.17) is 4.74 Å². The Morgan fingerprint density at radius 1 is 1.20 bits per heavy atom. The van der Waals surface area contributed by atoms with Crippen LogP contribution in [0.4, 0.5) is 9.18 Å². The predicted molar refractivity (Wildman–Crippen MR) is 138 cm³/mol. The molecule has 188 valence electrons. The summed E-state index contributed by atoms with van der Waals surface area (Å²) in [7, 11) is 0. The lowest BCUT2D eigenvalue weighted by molar-refractivity contribution is -0.118. The van der Waals surface area contributed by atoms with Gasteiger partial charge in [0.05, 0.1) is 0 Å². The Hall–Kier alpha value is -3.15. The van der Waals surface area contributed by atoms with Gasteiger partial charge < -0.3 is 15.0 Å². The zero-order chi connectivity index (χ0) is 25.6. The van der Waals surface area contributed by atoms with Crippen molar-refractivity contribution in [1.82, 2.24) is 10.2 Å². The van der Waals surface area contributed by atoms with Crippen LogP contribution in [0.15, 0.2) is 48.5 Å². The second-order valence-corrected chi connectivity index (χ2v) is 10.3. The largest absolute Gasteiger partial charge is 0.444 e. The van der Waals surface area contributed by atoms with E-state index in [0.717, 1.165) is 35.1 Å². The van der Waals surface area contributed by atoms with Crippen molar-refractivity contribution in [2.75, 3.05) is 19.6 Å². The quantitative estimate of drug-likeness (QED) is 0.490. The van der Waals surface area contributed by atoms with Crippen LogP contribution in [0.25, 0.3) is 16.7 Å². The van der Waals surface area contributed by atoms with Gasteiger partial charge in [0.25, 0.3) is 0 Å². The van der Waals surface area contributed by atoms with Crippen LogP contribution in [0.5, 0.6) is 0 Å². The molecule has 1 atom stereocenters. The van der Waals surface area contributed by atoms with E-state index in [9.17, 15) is 14.0 Å². The zero-order valence-electron chi connectivity index (χ0n) is 21.5. The number of carbonyl (C=O) groups is 2. The summed E-state index contributed by atoms with van der Waals surface area (Å²) in [6.07, 6.45) is 4.24. The van der Waals surface area contributed by atoms with Gasteiger partial charge in [-0.1, -0.05) is 42.0 Å². The van der Waals surface area contributed by atoms with E-state index >= 15 is 0 Å². The third-order valence-corrected chi connectivity index (χ3v) is 6.02. The van der Waals surface area contributed by atoms with E-state index in [-0.39, 0.29) is 23.7 Å². The number of hydrogen-bond acceptors (Lipinski definition) is 3. The molecule has 1 fully saturated rings. The van der Waals surface area contributed by atoms with E-state index in [1.807, 2.05) is 64.1 Å². The molecule has 5 nitrogen and oxygen atoms in total. The highest BCUT2D eigenvalue weighted by Gasteiger charge is 2.30. The average molecular weight is 481 g/mol. The van der Waals surface area contributed by atoms with Gasteiger partial charge in [0.2, 0.25) is 5.91 Å². The van der Waals surface area contributed by atoms with E-state index in [0.29, 0.717) is 31.6 Å². The number of nitrogens with one attached hydrogen (secondary N) is 1. The maximum atomic E-state index is 14.9. The number of benzene rings is 2. The second-order valence-electron chi connectivity index (χ2n) is 10.3. The van der Waals surface area contributed by atoms with Crippen molar-refractivity contribution < 1.29 is 18.7 Å². The summed E-state index contributed by atoms with van der Waals surface area (Å²) >= 11 is 0. The minimum Gasteiger partial charge on any atom is -0.444 e. The molecular weight excluding hydrogens is 443 g/mol. The molecule has 0 spiro atoms. The Morgan fingerprint density at radius 2 is 1.97 bits per heavy atom. The Kier molecular flexibility index (Phi) is 8.71. The van der Waals surface area contributed by atoms with Gasteiger partial charge in [-0.25, -0.2) is 9.18 Å². The first-order valence-corrected chi connectivity index (χ1v) is 12.3. The van der Waals surface area contributed by atoms with E-state index < -0.39 is 5.60 Å². The van der Waals surface area contributed by atoms with Crippen LogP contribution in [-0.2, 0) is 9.53 Å². The molecule has 0 bridgehead atoms. The van der Waals surface area contributed by atoms with Gasteiger partial charge >= 0.3 is 6.09 Å². The van der Waals surface area contributed by atoms with Gasteiger partial charge in [0, 0.05) is 38.0 Å². The predicted octanol–water partition coefficient (Wildman–Crippen LogP) is 6.36. The van der Waals surface area contributed by atoms with Gasteiger partial charge in [-0.2, -0.15) is 0 Å². The van der Waals surface area contributed by atoms with Crippen molar-refractivity contribution in [3.8, 4) is 11.1 Å². The van der Waals surface area contributed by atoms with Gasteiger partial charge in [0.1, 0.15) is 11.4 Å². The monoisotopic (exact) mass is 480 g/mol. The van der Waals surface area contributed by atoms with Crippen LogP contribution in [-0.4, -0.2) is 42.1 Å². The van der Waals surface area contributed by atoms with Crippen molar-refractivity contribution >= 4 is 17.6 Å². The maximum absolute atomic E-state index is 14.9. The summed E-state index contributed by atoms with van der Waals surface area (Å²) in [5.74, 6) is -0.252. The molecule has 0 aromatic heterocycles. The molecule has 2 aromatic carbocycles. The molecule has 0 radical (unpaired) electrons. The molecule has 0 aliphatic carbocycles. The van der Waals surface area contributed by atoms with E-state index in [1.54, 1.807) is 4.90 Å². The first-order valence-electron chi connectivity index (χ1n) is 12.3. The Labute approximate surface area is 208 Å². The van der Waals surface area contributed by atoms with Crippen LogP contribution in [0.3, 0.4) is 0 Å². The molecule has 35 heavy (non-hydrogen) atoms. The molecule has 1 saturated heterocycles. The van der Waals surface area contributed by atoms with Crippen LogP contribution < -0.4 is 5.32 Å². The summed E-state index contributed by atoms with van der Waals surface area (Å²) in [4.78, 5) is 25.9. The lowest BCUT2D eigenvalue weighted by Crippen LogP contribution is -2.43. The number of halogens is 1. The number of ether oxygens (including phenoxy) is 1. The first kappa shape index (κ1) is 26.5. The number of piperidine rings is 1. The fourth-order valence-corrected chi connectivity index (χ4v) is 4.46. The first-order chi connectivity index (χ1) is 16.5. The van der Waals surface area contributed by atoms with Crippen molar-refractivity contribution in [3.05, 3.63) is 65.5 Å². The smallest absolute Gasteiger partial charge is 0.410 e. The number of carbonyl (C=O) groups excluding carboxylic acids is 2. The normalized spacial score (nSPS) is 16.7. The molecular formula is C29H37FN2O3. The molecule has 1 aliphatic rings. The Balaban J connectivity index is 1.93.